The van der Waals surface area contributed by atoms with Gasteiger partial charge in [-0.1, -0.05) is 0 Å². The molecular formula is C9H9F2NO4S. The van der Waals surface area contributed by atoms with Gasteiger partial charge in [0.2, 0.25) is 5.91 Å². The van der Waals surface area contributed by atoms with E-state index in [-0.39, 0.29) is 10.5 Å². The Balaban J connectivity index is 3.34. The van der Waals surface area contributed by atoms with Crippen molar-refractivity contribution in [1.82, 2.24) is 0 Å². The van der Waals surface area contributed by atoms with Gasteiger partial charge in [0.25, 0.3) is 0 Å². The lowest BCUT2D eigenvalue weighted by Crippen LogP contribution is -2.13. The second-order valence-corrected chi connectivity index (χ2v) is 5.22. The summed E-state index contributed by atoms with van der Waals surface area (Å²) in [5, 5.41) is 0. The summed E-state index contributed by atoms with van der Waals surface area (Å²) in [6.45, 7) is -3.12. The van der Waals surface area contributed by atoms with Gasteiger partial charge in [-0.2, -0.15) is 8.78 Å². The lowest BCUT2D eigenvalue weighted by molar-refractivity contribution is -0.0500. The van der Waals surface area contributed by atoms with E-state index in [9.17, 15) is 22.0 Å². The van der Waals surface area contributed by atoms with E-state index < -0.39 is 28.1 Å². The molecule has 0 aliphatic rings. The van der Waals surface area contributed by atoms with Crippen molar-refractivity contribution >= 4 is 15.7 Å². The number of hydrogen-bond donors (Lipinski definition) is 1. The van der Waals surface area contributed by atoms with Crippen LogP contribution in [0.5, 0.6) is 5.75 Å². The van der Waals surface area contributed by atoms with Gasteiger partial charge in [0.1, 0.15) is 5.75 Å². The molecule has 8 heteroatoms. The number of amides is 1. The van der Waals surface area contributed by atoms with Crippen molar-refractivity contribution in [2.45, 2.75) is 11.5 Å². The fourth-order valence-electron chi connectivity index (χ4n) is 1.10. The van der Waals surface area contributed by atoms with Crippen LogP contribution in [0.15, 0.2) is 23.1 Å². The summed E-state index contributed by atoms with van der Waals surface area (Å²) in [6, 6.07) is 2.84. The lowest BCUT2D eigenvalue weighted by Gasteiger charge is -2.08. The van der Waals surface area contributed by atoms with Crippen LogP contribution in [0.3, 0.4) is 0 Å². The molecule has 1 aromatic carbocycles. The highest BCUT2D eigenvalue weighted by molar-refractivity contribution is 7.90. The molecule has 0 radical (unpaired) electrons. The molecule has 0 unspecified atom stereocenters. The van der Waals surface area contributed by atoms with Gasteiger partial charge >= 0.3 is 6.61 Å². The number of halogens is 2. The Labute approximate surface area is 96.1 Å². The minimum atomic E-state index is -3.65. The largest absolute Gasteiger partial charge is 0.435 e. The smallest absolute Gasteiger partial charge is 0.387 e. The molecule has 94 valence electrons. The number of nitrogens with two attached hydrogens (primary N) is 1. The zero-order valence-corrected chi connectivity index (χ0v) is 9.50. The van der Waals surface area contributed by atoms with Crippen LogP contribution in [-0.4, -0.2) is 27.2 Å². The maximum absolute atomic E-state index is 12.0. The first-order valence-electron chi connectivity index (χ1n) is 4.30. The molecule has 0 spiro atoms. The van der Waals surface area contributed by atoms with Crippen molar-refractivity contribution in [3.63, 3.8) is 0 Å². The van der Waals surface area contributed by atoms with E-state index in [1.165, 1.54) is 0 Å². The summed E-state index contributed by atoms with van der Waals surface area (Å²) in [5.41, 5.74) is 4.73. The number of rotatable bonds is 4. The number of sulfone groups is 1. The van der Waals surface area contributed by atoms with E-state index >= 15 is 0 Å². The Kier molecular flexibility index (Phi) is 3.66. The van der Waals surface area contributed by atoms with E-state index in [1.807, 2.05) is 0 Å². The third-order valence-electron chi connectivity index (χ3n) is 1.82. The average Bonchev–Trinajstić information content (AvgIpc) is 2.14. The molecule has 1 rings (SSSR count). The first-order chi connectivity index (χ1) is 7.70. The minimum absolute atomic E-state index is 0.219. The Bertz CT molecular complexity index is 542. The van der Waals surface area contributed by atoms with Gasteiger partial charge in [-0.15, -0.1) is 0 Å². The van der Waals surface area contributed by atoms with Crippen molar-refractivity contribution < 1.29 is 26.7 Å². The van der Waals surface area contributed by atoms with E-state index in [0.717, 1.165) is 24.5 Å². The molecule has 0 bridgehead atoms. The van der Waals surface area contributed by atoms with Gasteiger partial charge in [-0.3, -0.25) is 4.79 Å². The summed E-state index contributed by atoms with van der Waals surface area (Å²) in [6.07, 6.45) is 0.874. The predicted molar refractivity (Wildman–Crippen MR) is 54.7 cm³/mol. The van der Waals surface area contributed by atoms with Gasteiger partial charge in [-0.05, 0) is 18.2 Å². The number of primary amides is 1. The summed E-state index contributed by atoms with van der Waals surface area (Å²) < 4.78 is 50.5. The number of carbonyl (C=O) groups is 1. The van der Waals surface area contributed by atoms with Crippen molar-refractivity contribution in [2.24, 2.45) is 5.73 Å². The predicted octanol–water partition coefficient (Wildman–Crippen LogP) is 0.790. The Hall–Kier alpha value is -1.70. The third kappa shape index (κ3) is 3.66. The van der Waals surface area contributed by atoms with Crippen molar-refractivity contribution in [1.29, 1.82) is 0 Å². The highest BCUT2D eigenvalue weighted by atomic mass is 32.2. The van der Waals surface area contributed by atoms with Crippen LogP contribution in [0.4, 0.5) is 8.78 Å². The standard InChI is InChI=1S/C9H9F2NO4S/c1-17(14,15)7-3-5(8(12)13)2-6(4-7)16-9(10)11/h2-4,9H,1H3,(H2,12,13). The van der Waals surface area contributed by atoms with Gasteiger partial charge < -0.3 is 10.5 Å². The van der Waals surface area contributed by atoms with E-state index in [0.29, 0.717) is 0 Å². The molecule has 1 amide bonds. The maximum atomic E-state index is 12.0. The fraction of sp³-hybridized carbons (Fsp3) is 0.222. The topological polar surface area (TPSA) is 86.5 Å². The Morgan fingerprint density at radius 3 is 2.35 bits per heavy atom. The van der Waals surface area contributed by atoms with Crippen LogP contribution in [0.2, 0.25) is 0 Å². The second-order valence-electron chi connectivity index (χ2n) is 3.21. The molecule has 0 atom stereocenters. The molecule has 0 aromatic heterocycles. The maximum Gasteiger partial charge on any atom is 0.387 e. The van der Waals surface area contributed by atoms with Gasteiger partial charge in [0.15, 0.2) is 9.84 Å². The van der Waals surface area contributed by atoms with Gasteiger partial charge in [-0.25, -0.2) is 8.42 Å². The summed E-state index contributed by atoms with van der Waals surface area (Å²) in [5.74, 6) is -1.37. The lowest BCUT2D eigenvalue weighted by atomic mass is 10.2. The van der Waals surface area contributed by atoms with Gasteiger partial charge in [0.05, 0.1) is 4.90 Å². The first kappa shape index (κ1) is 13.4. The number of ether oxygens (including phenoxy) is 1. The van der Waals surface area contributed by atoms with E-state index in [2.05, 4.69) is 4.74 Å². The van der Waals surface area contributed by atoms with E-state index in [1.54, 1.807) is 0 Å². The zero-order valence-electron chi connectivity index (χ0n) is 8.68. The molecule has 0 fully saturated rings. The average molecular weight is 265 g/mol. The Morgan fingerprint density at radius 2 is 1.94 bits per heavy atom. The molecule has 5 nitrogen and oxygen atoms in total. The van der Waals surface area contributed by atoms with Gasteiger partial charge in [0, 0.05) is 11.8 Å². The minimum Gasteiger partial charge on any atom is -0.435 e. The molecule has 0 saturated carbocycles. The summed E-state index contributed by atoms with van der Waals surface area (Å²) >= 11 is 0. The molecule has 1 aromatic rings. The highest BCUT2D eigenvalue weighted by Gasteiger charge is 2.15. The van der Waals surface area contributed by atoms with Crippen molar-refractivity contribution in [3.05, 3.63) is 23.8 Å². The van der Waals surface area contributed by atoms with Crippen LogP contribution in [0, 0.1) is 0 Å². The fourth-order valence-corrected chi connectivity index (χ4v) is 1.77. The molecule has 0 saturated heterocycles. The normalized spacial score (nSPS) is 11.5. The summed E-state index contributed by atoms with van der Waals surface area (Å²) in [7, 11) is -3.65. The summed E-state index contributed by atoms with van der Waals surface area (Å²) in [4.78, 5) is 10.6. The molecule has 17 heavy (non-hydrogen) atoms. The van der Waals surface area contributed by atoms with Crippen LogP contribution in [-0.2, 0) is 9.84 Å². The van der Waals surface area contributed by atoms with Crippen molar-refractivity contribution in [2.75, 3.05) is 6.26 Å². The first-order valence-corrected chi connectivity index (χ1v) is 6.19. The molecule has 0 aliphatic heterocycles. The molecular weight excluding hydrogens is 256 g/mol. The number of benzene rings is 1. The van der Waals surface area contributed by atoms with Crippen LogP contribution < -0.4 is 10.5 Å². The van der Waals surface area contributed by atoms with Crippen LogP contribution >= 0.6 is 0 Å². The molecule has 0 heterocycles. The third-order valence-corrected chi connectivity index (χ3v) is 2.91. The number of carbonyl (C=O) groups excluding carboxylic acids is 1. The number of alkyl halides is 2. The van der Waals surface area contributed by atoms with E-state index in [4.69, 9.17) is 5.73 Å². The quantitative estimate of drug-likeness (QED) is 0.872. The van der Waals surface area contributed by atoms with Crippen molar-refractivity contribution in [3.8, 4) is 5.75 Å². The second kappa shape index (κ2) is 4.66. The van der Waals surface area contributed by atoms with Crippen LogP contribution in [0.25, 0.3) is 0 Å². The monoisotopic (exact) mass is 265 g/mol. The SMILES string of the molecule is CS(=O)(=O)c1cc(OC(F)F)cc(C(N)=O)c1. The van der Waals surface area contributed by atoms with Crippen LogP contribution in [0.1, 0.15) is 10.4 Å². The molecule has 0 aliphatic carbocycles. The number of hydrogen-bond acceptors (Lipinski definition) is 4. The zero-order chi connectivity index (χ0) is 13.2. The molecule has 2 N–H and O–H groups in total. The Morgan fingerprint density at radius 1 is 1.35 bits per heavy atom. The highest BCUT2D eigenvalue weighted by Crippen LogP contribution is 2.22.